The van der Waals surface area contributed by atoms with Crippen LogP contribution in [0.25, 0.3) is 0 Å². The summed E-state index contributed by atoms with van der Waals surface area (Å²) in [5.41, 5.74) is 4.20. The van der Waals surface area contributed by atoms with Crippen molar-refractivity contribution in [2.24, 2.45) is 0 Å². The number of thiazole rings is 1. The van der Waals surface area contributed by atoms with E-state index in [4.69, 9.17) is 0 Å². The Morgan fingerprint density at radius 1 is 1.00 bits per heavy atom. The largest absolute Gasteiger partial charge is 0.321 e. The molecule has 3 rings (SSSR count). The van der Waals surface area contributed by atoms with Gasteiger partial charge < -0.3 is 10.6 Å². The number of nitrogens with one attached hydrogen (secondary N) is 2. The molecule has 0 atom stereocenters. The van der Waals surface area contributed by atoms with Gasteiger partial charge in [0.1, 0.15) is 5.69 Å². The van der Waals surface area contributed by atoms with E-state index in [1.54, 1.807) is 5.38 Å². The molecular weight excluding hydrogens is 346 g/mol. The minimum Gasteiger partial charge on any atom is -0.321 e. The molecule has 2 aromatic carbocycles. The molecule has 6 heteroatoms. The van der Waals surface area contributed by atoms with Crippen molar-refractivity contribution in [2.75, 3.05) is 10.6 Å². The molecule has 1 aromatic heterocycles. The van der Waals surface area contributed by atoms with Crippen LogP contribution in [0.3, 0.4) is 0 Å². The van der Waals surface area contributed by atoms with E-state index in [-0.39, 0.29) is 23.9 Å². The number of hydrogen-bond donors (Lipinski definition) is 2. The second-order valence-electron chi connectivity index (χ2n) is 6.00. The van der Waals surface area contributed by atoms with Gasteiger partial charge >= 0.3 is 0 Å². The third-order valence-corrected chi connectivity index (χ3v) is 4.71. The molecule has 0 saturated carbocycles. The Kier molecular flexibility index (Phi) is 5.43. The number of anilines is 2. The van der Waals surface area contributed by atoms with Crippen LogP contribution in [0.5, 0.6) is 0 Å². The van der Waals surface area contributed by atoms with E-state index in [1.165, 1.54) is 16.9 Å². The monoisotopic (exact) mass is 365 g/mol. The summed E-state index contributed by atoms with van der Waals surface area (Å²) in [7, 11) is 0. The average Bonchev–Trinajstić information content (AvgIpc) is 3.07. The molecule has 1 heterocycles. The predicted molar refractivity (Wildman–Crippen MR) is 105 cm³/mol. The molecule has 0 radical (unpaired) electrons. The lowest BCUT2D eigenvalue weighted by Crippen LogP contribution is -2.15. The number of carbonyl (C=O) groups is 2. The quantitative estimate of drug-likeness (QED) is 0.712. The van der Waals surface area contributed by atoms with Gasteiger partial charge in [-0.25, -0.2) is 4.98 Å². The fourth-order valence-corrected chi connectivity index (χ4v) is 3.10. The normalized spacial score (nSPS) is 10.4. The first-order valence-electron chi connectivity index (χ1n) is 8.19. The van der Waals surface area contributed by atoms with Gasteiger partial charge in [0.2, 0.25) is 5.91 Å². The third-order valence-electron chi connectivity index (χ3n) is 3.96. The number of benzene rings is 2. The maximum absolute atomic E-state index is 12.3. The Morgan fingerprint density at radius 2 is 1.77 bits per heavy atom. The molecule has 132 valence electrons. The van der Waals surface area contributed by atoms with Crippen LogP contribution in [0.2, 0.25) is 0 Å². The molecule has 2 N–H and O–H groups in total. The Bertz CT molecular complexity index is 935. The summed E-state index contributed by atoms with van der Waals surface area (Å²) in [6.45, 7) is 4.01. The minimum absolute atomic E-state index is 0.160. The predicted octanol–water partition coefficient (Wildman–Crippen LogP) is 4.19. The summed E-state index contributed by atoms with van der Waals surface area (Å²) in [5, 5.41) is 7.61. The summed E-state index contributed by atoms with van der Waals surface area (Å²) in [5.74, 6) is -0.459. The van der Waals surface area contributed by atoms with Crippen molar-refractivity contribution >= 4 is 34.0 Å². The maximum Gasteiger partial charge on any atom is 0.275 e. The van der Waals surface area contributed by atoms with Crippen molar-refractivity contribution in [2.45, 2.75) is 20.3 Å². The molecule has 0 bridgehead atoms. The number of aromatic nitrogens is 1. The van der Waals surface area contributed by atoms with E-state index in [0.29, 0.717) is 5.13 Å². The van der Waals surface area contributed by atoms with Crippen molar-refractivity contribution in [1.82, 2.24) is 4.98 Å². The molecule has 0 aliphatic rings. The lowest BCUT2D eigenvalue weighted by Gasteiger charge is -2.06. The van der Waals surface area contributed by atoms with Crippen LogP contribution in [0.4, 0.5) is 10.8 Å². The van der Waals surface area contributed by atoms with Crippen LogP contribution in [-0.4, -0.2) is 16.8 Å². The third kappa shape index (κ3) is 4.55. The van der Waals surface area contributed by atoms with Crippen LogP contribution in [0.1, 0.15) is 27.2 Å². The van der Waals surface area contributed by atoms with Crippen LogP contribution < -0.4 is 10.6 Å². The van der Waals surface area contributed by atoms with Gasteiger partial charge in [0.15, 0.2) is 5.13 Å². The fourth-order valence-electron chi connectivity index (χ4n) is 2.39. The van der Waals surface area contributed by atoms with Crippen molar-refractivity contribution in [3.63, 3.8) is 0 Å². The van der Waals surface area contributed by atoms with E-state index in [0.717, 1.165) is 16.8 Å². The summed E-state index contributed by atoms with van der Waals surface area (Å²) in [6, 6.07) is 15.2. The second kappa shape index (κ2) is 7.93. The second-order valence-corrected chi connectivity index (χ2v) is 6.86. The van der Waals surface area contributed by atoms with Gasteiger partial charge in [-0.1, -0.05) is 36.4 Å². The maximum atomic E-state index is 12.3. The van der Waals surface area contributed by atoms with E-state index < -0.39 is 0 Å². The Balaban J connectivity index is 1.60. The Labute approximate surface area is 156 Å². The van der Waals surface area contributed by atoms with Crippen LogP contribution >= 0.6 is 11.3 Å². The molecule has 0 spiro atoms. The summed E-state index contributed by atoms with van der Waals surface area (Å²) < 4.78 is 0. The molecule has 0 aliphatic carbocycles. The first-order chi connectivity index (χ1) is 12.5. The van der Waals surface area contributed by atoms with Crippen molar-refractivity contribution in [3.05, 3.63) is 76.3 Å². The molecule has 5 nitrogen and oxygen atoms in total. The van der Waals surface area contributed by atoms with E-state index in [1.807, 2.05) is 62.4 Å². The lowest BCUT2D eigenvalue weighted by molar-refractivity contribution is -0.115. The van der Waals surface area contributed by atoms with Crippen molar-refractivity contribution in [3.8, 4) is 0 Å². The van der Waals surface area contributed by atoms with Gasteiger partial charge in [0, 0.05) is 11.1 Å². The minimum atomic E-state index is -0.298. The standard InChI is InChI=1S/C20H19N3O2S/c1-13-8-9-16(10-14(13)2)21-19(25)17-12-26-20(22-17)23-18(24)11-15-6-4-3-5-7-15/h3-10,12H,11H2,1-2H3,(H,21,25)(H,22,23,24). The number of amides is 2. The first-order valence-corrected chi connectivity index (χ1v) is 9.07. The number of aryl methyl sites for hydroxylation is 2. The van der Waals surface area contributed by atoms with Crippen molar-refractivity contribution in [1.29, 1.82) is 0 Å². The highest BCUT2D eigenvalue weighted by atomic mass is 32.1. The molecule has 0 unspecified atom stereocenters. The number of nitrogens with zero attached hydrogens (tertiary/aromatic N) is 1. The Morgan fingerprint density at radius 3 is 2.50 bits per heavy atom. The zero-order chi connectivity index (χ0) is 18.5. The van der Waals surface area contributed by atoms with Gasteiger partial charge in [0.05, 0.1) is 6.42 Å². The van der Waals surface area contributed by atoms with E-state index in [9.17, 15) is 9.59 Å². The number of carbonyl (C=O) groups excluding carboxylic acids is 2. The van der Waals surface area contributed by atoms with Crippen LogP contribution in [-0.2, 0) is 11.2 Å². The zero-order valence-corrected chi connectivity index (χ0v) is 15.4. The number of hydrogen-bond acceptors (Lipinski definition) is 4. The van der Waals surface area contributed by atoms with Gasteiger partial charge in [-0.15, -0.1) is 11.3 Å². The molecule has 0 saturated heterocycles. The number of rotatable bonds is 5. The Hall–Kier alpha value is -2.99. The van der Waals surface area contributed by atoms with Gasteiger partial charge in [-0.2, -0.15) is 0 Å². The average molecular weight is 365 g/mol. The molecule has 0 aliphatic heterocycles. The van der Waals surface area contributed by atoms with E-state index in [2.05, 4.69) is 15.6 Å². The highest BCUT2D eigenvalue weighted by Crippen LogP contribution is 2.19. The summed E-state index contributed by atoms with van der Waals surface area (Å²) in [6.07, 6.45) is 0.268. The highest BCUT2D eigenvalue weighted by Gasteiger charge is 2.13. The topological polar surface area (TPSA) is 71.1 Å². The first kappa shape index (κ1) is 17.8. The summed E-state index contributed by atoms with van der Waals surface area (Å²) >= 11 is 1.23. The van der Waals surface area contributed by atoms with Gasteiger partial charge in [0.25, 0.3) is 5.91 Å². The zero-order valence-electron chi connectivity index (χ0n) is 14.6. The van der Waals surface area contributed by atoms with Crippen LogP contribution in [0.15, 0.2) is 53.9 Å². The SMILES string of the molecule is Cc1ccc(NC(=O)c2csc(NC(=O)Cc3ccccc3)n2)cc1C. The molecule has 26 heavy (non-hydrogen) atoms. The molecular formula is C20H19N3O2S. The van der Waals surface area contributed by atoms with E-state index >= 15 is 0 Å². The summed E-state index contributed by atoms with van der Waals surface area (Å²) in [4.78, 5) is 28.6. The fraction of sp³-hybridized carbons (Fsp3) is 0.150. The highest BCUT2D eigenvalue weighted by molar-refractivity contribution is 7.14. The smallest absolute Gasteiger partial charge is 0.275 e. The lowest BCUT2D eigenvalue weighted by atomic mass is 10.1. The molecule has 2 amide bonds. The van der Waals surface area contributed by atoms with Crippen LogP contribution in [0, 0.1) is 13.8 Å². The van der Waals surface area contributed by atoms with Gasteiger partial charge in [-0.3, -0.25) is 9.59 Å². The van der Waals surface area contributed by atoms with Crippen molar-refractivity contribution < 1.29 is 9.59 Å². The molecule has 0 fully saturated rings. The molecule has 3 aromatic rings. The van der Waals surface area contributed by atoms with Gasteiger partial charge in [-0.05, 0) is 42.7 Å².